The SMILES string of the molecule is CCC(C)(C)CC(C)(C(O)OC1(CC)C2CC3CC(C2)C1C3)C(C)(C)C. The lowest BCUT2D eigenvalue weighted by Gasteiger charge is -2.53. The molecule has 0 radical (unpaired) electrons. The van der Waals surface area contributed by atoms with Gasteiger partial charge in [-0.25, -0.2) is 0 Å². The van der Waals surface area contributed by atoms with Crippen molar-refractivity contribution in [3.63, 3.8) is 0 Å². The van der Waals surface area contributed by atoms with Crippen LogP contribution in [0.2, 0.25) is 0 Å². The number of hydrogen-bond acceptors (Lipinski definition) is 2. The molecule has 4 rings (SSSR count). The van der Waals surface area contributed by atoms with Gasteiger partial charge in [-0.15, -0.1) is 0 Å². The summed E-state index contributed by atoms with van der Waals surface area (Å²) in [6.45, 7) is 18.3. The standard InChI is InChI=1S/C24H44O2/c1-9-22(6,7)15-23(8,21(3,4)5)20(25)26-24(10-2)18-12-16-11-17(14-18)19(24)13-16/h16-20,25H,9-15H2,1-8H3. The zero-order valence-electron chi connectivity index (χ0n) is 18.7. The van der Waals surface area contributed by atoms with Crippen molar-refractivity contribution >= 4 is 0 Å². The Labute approximate surface area is 162 Å². The molecule has 0 saturated heterocycles. The lowest BCUT2D eigenvalue weighted by molar-refractivity contribution is -0.286. The third-order valence-corrected chi connectivity index (χ3v) is 9.26. The summed E-state index contributed by atoms with van der Waals surface area (Å²) in [6, 6.07) is 0. The fourth-order valence-corrected chi connectivity index (χ4v) is 6.86. The predicted molar refractivity (Wildman–Crippen MR) is 109 cm³/mol. The highest BCUT2D eigenvalue weighted by molar-refractivity contribution is 5.12. The van der Waals surface area contributed by atoms with Gasteiger partial charge in [0.2, 0.25) is 0 Å². The molecule has 2 heteroatoms. The van der Waals surface area contributed by atoms with Crippen LogP contribution in [0.5, 0.6) is 0 Å². The molecule has 4 aliphatic rings. The zero-order chi connectivity index (χ0) is 19.5. The first kappa shape index (κ1) is 20.6. The highest BCUT2D eigenvalue weighted by atomic mass is 16.6. The molecule has 2 nitrogen and oxygen atoms in total. The Morgan fingerprint density at radius 3 is 2.15 bits per heavy atom. The minimum absolute atomic E-state index is 0.0103. The van der Waals surface area contributed by atoms with Crippen LogP contribution in [0.3, 0.4) is 0 Å². The highest BCUT2D eigenvalue weighted by Gasteiger charge is 2.64. The van der Waals surface area contributed by atoms with E-state index in [9.17, 15) is 5.11 Å². The van der Waals surface area contributed by atoms with Gasteiger partial charge in [-0.3, -0.25) is 0 Å². The Hall–Kier alpha value is -0.0800. The number of aliphatic hydroxyl groups is 1. The smallest absolute Gasteiger partial charge is 0.161 e. The summed E-state index contributed by atoms with van der Waals surface area (Å²) >= 11 is 0. The average Bonchev–Trinajstić information content (AvgIpc) is 2.94. The molecule has 4 saturated carbocycles. The molecule has 7 unspecified atom stereocenters. The van der Waals surface area contributed by atoms with Crippen LogP contribution in [0, 0.1) is 39.9 Å². The van der Waals surface area contributed by atoms with E-state index < -0.39 is 6.29 Å². The molecular weight excluding hydrogens is 320 g/mol. The molecule has 4 fully saturated rings. The first-order valence-corrected chi connectivity index (χ1v) is 11.2. The molecule has 0 amide bonds. The maximum atomic E-state index is 11.6. The van der Waals surface area contributed by atoms with Gasteiger partial charge >= 0.3 is 0 Å². The van der Waals surface area contributed by atoms with Gasteiger partial charge in [-0.1, -0.05) is 61.8 Å². The van der Waals surface area contributed by atoms with Crippen molar-refractivity contribution in [1.82, 2.24) is 0 Å². The summed E-state index contributed by atoms with van der Waals surface area (Å²) in [6.07, 6.45) is 7.92. The summed E-state index contributed by atoms with van der Waals surface area (Å²) in [5, 5.41) is 11.6. The number of ether oxygens (including phenoxy) is 1. The summed E-state index contributed by atoms with van der Waals surface area (Å²) in [7, 11) is 0. The molecule has 0 aromatic carbocycles. The van der Waals surface area contributed by atoms with Crippen LogP contribution in [-0.4, -0.2) is 17.0 Å². The van der Waals surface area contributed by atoms with Gasteiger partial charge in [0.1, 0.15) is 0 Å². The van der Waals surface area contributed by atoms with Crippen molar-refractivity contribution in [2.45, 2.75) is 112 Å². The number of hydrogen-bond donors (Lipinski definition) is 1. The maximum Gasteiger partial charge on any atom is 0.161 e. The van der Waals surface area contributed by atoms with Crippen LogP contribution in [0.4, 0.5) is 0 Å². The summed E-state index contributed by atoms with van der Waals surface area (Å²) < 4.78 is 6.85. The topological polar surface area (TPSA) is 29.5 Å². The number of rotatable bonds is 7. The fourth-order valence-electron chi connectivity index (χ4n) is 6.86. The number of aliphatic hydroxyl groups excluding tert-OH is 1. The molecule has 1 N–H and O–H groups in total. The van der Waals surface area contributed by atoms with Gasteiger partial charge in [-0.2, -0.15) is 0 Å². The van der Waals surface area contributed by atoms with Gasteiger partial charge in [0.15, 0.2) is 6.29 Å². The van der Waals surface area contributed by atoms with E-state index in [1.54, 1.807) is 0 Å². The van der Waals surface area contributed by atoms with Crippen molar-refractivity contribution in [1.29, 1.82) is 0 Å². The monoisotopic (exact) mass is 364 g/mol. The molecular formula is C24H44O2. The van der Waals surface area contributed by atoms with Crippen LogP contribution < -0.4 is 0 Å². The van der Waals surface area contributed by atoms with Crippen LogP contribution >= 0.6 is 0 Å². The quantitative estimate of drug-likeness (QED) is 0.528. The molecule has 152 valence electrons. The lowest BCUT2D eigenvalue weighted by Crippen LogP contribution is -2.54. The van der Waals surface area contributed by atoms with Crippen LogP contribution in [0.15, 0.2) is 0 Å². The zero-order valence-corrected chi connectivity index (χ0v) is 18.7. The van der Waals surface area contributed by atoms with Crippen LogP contribution in [0.25, 0.3) is 0 Å². The molecule has 4 bridgehead atoms. The average molecular weight is 365 g/mol. The van der Waals surface area contributed by atoms with Crippen LogP contribution in [0.1, 0.15) is 100 Å². The van der Waals surface area contributed by atoms with E-state index in [0.29, 0.717) is 11.8 Å². The minimum Gasteiger partial charge on any atom is -0.367 e. The van der Waals surface area contributed by atoms with E-state index in [1.807, 2.05) is 0 Å². The Balaban J connectivity index is 1.87. The summed E-state index contributed by atoms with van der Waals surface area (Å²) in [4.78, 5) is 0. The van der Waals surface area contributed by atoms with E-state index in [4.69, 9.17) is 4.74 Å². The minimum atomic E-state index is -0.688. The van der Waals surface area contributed by atoms with Gasteiger partial charge in [0, 0.05) is 5.41 Å². The Morgan fingerprint density at radius 1 is 1.00 bits per heavy atom. The van der Waals surface area contributed by atoms with Gasteiger partial charge in [0.05, 0.1) is 5.60 Å². The van der Waals surface area contributed by atoms with Gasteiger partial charge < -0.3 is 9.84 Å². The van der Waals surface area contributed by atoms with Gasteiger partial charge in [-0.05, 0) is 73.0 Å². The van der Waals surface area contributed by atoms with Crippen molar-refractivity contribution < 1.29 is 9.84 Å². The van der Waals surface area contributed by atoms with Crippen LogP contribution in [-0.2, 0) is 4.74 Å². The Bertz CT molecular complexity index is 515. The molecule has 0 aliphatic heterocycles. The summed E-state index contributed by atoms with van der Waals surface area (Å²) in [5.41, 5.74) is -0.128. The third kappa shape index (κ3) is 3.08. The summed E-state index contributed by atoms with van der Waals surface area (Å²) in [5.74, 6) is 3.17. The van der Waals surface area contributed by atoms with E-state index >= 15 is 0 Å². The Kier molecular flexibility index (Phi) is 5.14. The van der Waals surface area contributed by atoms with E-state index in [1.165, 1.54) is 25.7 Å². The van der Waals surface area contributed by atoms with Crippen molar-refractivity contribution in [2.75, 3.05) is 0 Å². The van der Waals surface area contributed by atoms with E-state index in [-0.39, 0.29) is 21.8 Å². The molecule has 0 aromatic heterocycles. The van der Waals surface area contributed by atoms with E-state index in [2.05, 4.69) is 55.4 Å². The largest absolute Gasteiger partial charge is 0.367 e. The van der Waals surface area contributed by atoms with E-state index in [0.717, 1.165) is 31.1 Å². The molecule has 0 spiro atoms. The second-order valence-corrected chi connectivity index (χ2v) is 12.0. The first-order chi connectivity index (χ1) is 11.9. The maximum absolute atomic E-state index is 11.6. The lowest BCUT2D eigenvalue weighted by atomic mass is 9.59. The third-order valence-electron chi connectivity index (χ3n) is 9.26. The molecule has 7 atom stereocenters. The highest BCUT2D eigenvalue weighted by Crippen LogP contribution is 2.66. The predicted octanol–water partition coefficient (Wildman–Crippen LogP) is 6.41. The first-order valence-electron chi connectivity index (χ1n) is 11.2. The van der Waals surface area contributed by atoms with Crippen molar-refractivity contribution in [3.8, 4) is 0 Å². The normalized spacial score (nSPS) is 40.0. The van der Waals surface area contributed by atoms with Crippen molar-refractivity contribution in [2.24, 2.45) is 39.9 Å². The van der Waals surface area contributed by atoms with Crippen molar-refractivity contribution in [3.05, 3.63) is 0 Å². The van der Waals surface area contributed by atoms with Gasteiger partial charge in [0.25, 0.3) is 0 Å². The fraction of sp³-hybridized carbons (Fsp3) is 1.00. The molecule has 26 heavy (non-hydrogen) atoms. The molecule has 0 heterocycles. The second kappa shape index (κ2) is 6.48. The Morgan fingerprint density at radius 2 is 1.65 bits per heavy atom. The molecule has 0 aromatic rings. The molecule has 4 aliphatic carbocycles. The second-order valence-electron chi connectivity index (χ2n) is 12.0.